The lowest BCUT2D eigenvalue weighted by Gasteiger charge is -2.40. The quantitative estimate of drug-likeness (QED) is 0.315. The summed E-state index contributed by atoms with van der Waals surface area (Å²) in [6.07, 6.45) is -3.86. The lowest BCUT2D eigenvalue weighted by atomic mass is 9.98. The molecule has 0 bridgehead atoms. The fourth-order valence-corrected chi connectivity index (χ4v) is 3.33. The van der Waals surface area contributed by atoms with E-state index in [4.69, 9.17) is 4.74 Å². The van der Waals surface area contributed by atoms with E-state index in [1.807, 2.05) is 6.07 Å². The molecule has 6 N–H and O–H groups in total. The Morgan fingerprint density at radius 3 is 2.66 bits per heavy atom. The van der Waals surface area contributed by atoms with Crippen molar-refractivity contribution in [1.82, 2.24) is 19.5 Å². The van der Waals surface area contributed by atoms with Crippen molar-refractivity contribution < 1.29 is 30.3 Å². The number of ether oxygens (including phenoxy) is 1. The van der Waals surface area contributed by atoms with Crippen LogP contribution in [0.2, 0.25) is 0 Å². The zero-order chi connectivity index (χ0) is 20.5. The highest BCUT2D eigenvalue weighted by Gasteiger charge is 2.44. The van der Waals surface area contributed by atoms with Crippen LogP contribution in [0.1, 0.15) is 11.8 Å². The van der Waals surface area contributed by atoms with Gasteiger partial charge >= 0.3 is 0 Å². The molecule has 29 heavy (non-hydrogen) atoms. The molecule has 3 aromatic rings. The summed E-state index contributed by atoms with van der Waals surface area (Å²) in [6, 6.07) is 6.78. The maximum absolute atomic E-state index is 10.4. The number of nitrogens with zero attached hydrogens (tertiary/aromatic N) is 4. The number of hydrogen-bond acceptors (Lipinski definition) is 10. The molecule has 0 aliphatic carbocycles. The molecular formula is C18H21N5O6. The fourth-order valence-electron chi connectivity index (χ4n) is 3.33. The first-order valence-electron chi connectivity index (χ1n) is 8.99. The van der Waals surface area contributed by atoms with Crippen LogP contribution >= 0.6 is 0 Å². The van der Waals surface area contributed by atoms with Gasteiger partial charge in [-0.25, -0.2) is 15.0 Å². The average Bonchev–Trinajstić information content (AvgIpc) is 3.15. The molecule has 1 unspecified atom stereocenters. The van der Waals surface area contributed by atoms with Crippen molar-refractivity contribution in [3.05, 3.63) is 42.5 Å². The second-order valence-corrected chi connectivity index (χ2v) is 6.79. The Kier molecular flexibility index (Phi) is 5.30. The summed E-state index contributed by atoms with van der Waals surface area (Å²) in [4.78, 5) is 12.7. The minimum absolute atomic E-state index is 0.157. The van der Waals surface area contributed by atoms with E-state index in [0.29, 0.717) is 23.5 Å². The molecule has 1 aromatic carbocycles. The molecule has 11 nitrogen and oxygen atoms in total. The number of nitrogens with one attached hydrogen (secondary N) is 1. The molecule has 5 atom stereocenters. The standard InChI is InChI=1S/C18H21N5O6/c24-6-11-13(26)14(27)15(28)18(29-11)23-8-22-12-16(20-7-21-17(12)23)19-5-9-2-1-3-10(25)4-9/h1-4,7-8,11,13-15,18,24-28H,5-6H2,(H,19,20,21)/t11-,13-,14+,15-,18?/m1/s1. The highest BCUT2D eigenvalue weighted by Crippen LogP contribution is 2.31. The third-order valence-electron chi connectivity index (χ3n) is 4.87. The largest absolute Gasteiger partial charge is 0.508 e. The smallest absolute Gasteiger partial charge is 0.167 e. The molecule has 1 fully saturated rings. The first-order valence-corrected chi connectivity index (χ1v) is 8.99. The van der Waals surface area contributed by atoms with Gasteiger partial charge in [-0.15, -0.1) is 0 Å². The zero-order valence-corrected chi connectivity index (χ0v) is 15.2. The second kappa shape index (κ2) is 7.89. The Labute approximate surface area is 164 Å². The van der Waals surface area contributed by atoms with Gasteiger partial charge in [0.1, 0.15) is 36.5 Å². The fraction of sp³-hybridized carbons (Fsp3) is 0.389. The normalized spacial score (nSPS) is 27.2. The third kappa shape index (κ3) is 3.61. The van der Waals surface area contributed by atoms with Crippen LogP contribution in [0, 0.1) is 0 Å². The van der Waals surface area contributed by atoms with E-state index in [-0.39, 0.29) is 5.75 Å². The van der Waals surface area contributed by atoms with Crippen molar-refractivity contribution >= 4 is 17.0 Å². The van der Waals surface area contributed by atoms with Crippen molar-refractivity contribution in [2.75, 3.05) is 11.9 Å². The van der Waals surface area contributed by atoms with Gasteiger partial charge in [-0.3, -0.25) is 4.57 Å². The molecule has 0 amide bonds. The summed E-state index contributed by atoms with van der Waals surface area (Å²) in [5, 5.41) is 52.4. The predicted octanol–water partition coefficient (Wildman–Crippen LogP) is -0.884. The summed E-state index contributed by atoms with van der Waals surface area (Å²) in [5.74, 6) is 0.589. The van der Waals surface area contributed by atoms with Crippen LogP contribution in [0.25, 0.3) is 11.2 Å². The van der Waals surface area contributed by atoms with Crippen LogP contribution in [-0.2, 0) is 11.3 Å². The molecule has 0 radical (unpaired) electrons. The summed E-state index contributed by atoms with van der Waals surface area (Å²) in [7, 11) is 0. The first kappa shape index (κ1) is 19.5. The van der Waals surface area contributed by atoms with E-state index in [9.17, 15) is 25.5 Å². The van der Waals surface area contributed by atoms with Crippen LogP contribution in [0.4, 0.5) is 5.82 Å². The first-order chi connectivity index (χ1) is 14.0. The maximum atomic E-state index is 10.4. The van der Waals surface area contributed by atoms with Gasteiger partial charge in [-0.05, 0) is 17.7 Å². The summed E-state index contributed by atoms with van der Waals surface area (Å²) in [6.45, 7) is -0.146. The molecule has 11 heteroatoms. The number of anilines is 1. The number of imidazole rings is 1. The minimum Gasteiger partial charge on any atom is -0.508 e. The summed E-state index contributed by atoms with van der Waals surface area (Å²) < 4.78 is 6.99. The van der Waals surface area contributed by atoms with Crippen molar-refractivity contribution in [1.29, 1.82) is 0 Å². The lowest BCUT2D eigenvalue weighted by molar-refractivity contribution is -0.250. The predicted molar refractivity (Wildman–Crippen MR) is 99.8 cm³/mol. The second-order valence-electron chi connectivity index (χ2n) is 6.79. The van der Waals surface area contributed by atoms with Gasteiger partial charge in [0, 0.05) is 6.54 Å². The van der Waals surface area contributed by atoms with E-state index in [1.54, 1.807) is 18.2 Å². The van der Waals surface area contributed by atoms with E-state index >= 15 is 0 Å². The molecular weight excluding hydrogens is 382 g/mol. The van der Waals surface area contributed by atoms with Gasteiger partial charge in [0.05, 0.1) is 12.9 Å². The Balaban J connectivity index is 1.62. The van der Waals surface area contributed by atoms with Gasteiger partial charge in [0.2, 0.25) is 0 Å². The number of phenols is 1. The van der Waals surface area contributed by atoms with E-state index in [2.05, 4.69) is 20.3 Å². The number of aromatic hydroxyl groups is 1. The lowest BCUT2D eigenvalue weighted by Crippen LogP contribution is -2.56. The number of fused-ring (bicyclic) bond motifs is 1. The highest BCUT2D eigenvalue weighted by atomic mass is 16.6. The van der Waals surface area contributed by atoms with Crippen LogP contribution in [0.15, 0.2) is 36.9 Å². The summed E-state index contributed by atoms with van der Waals surface area (Å²) >= 11 is 0. The highest BCUT2D eigenvalue weighted by molar-refractivity contribution is 5.82. The van der Waals surface area contributed by atoms with Gasteiger partial charge in [0.25, 0.3) is 0 Å². The SMILES string of the molecule is OC[C@H]1OC(n2cnc3c(NCc4cccc(O)c4)ncnc32)[C@H](O)[C@@H](O)[C@@H]1O. The number of aromatic nitrogens is 4. The molecule has 0 spiro atoms. The molecule has 154 valence electrons. The molecule has 0 saturated carbocycles. The number of aliphatic hydroxyl groups is 4. The molecule has 4 rings (SSSR count). The van der Waals surface area contributed by atoms with Gasteiger partial charge in [-0.1, -0.05) is 12.1 Å². The number of aliphatic hydroxyl groups excluding tert-OH is 4. The Morgan fingerprint density at radius 2 is 1.90 bits per heavy atom. The number of benzene rings is 1. The van der Waals surface area contributed by atoms with Crippen molar-refractivity contribution in [3.63, 3.8) is 0 Å². The van der Waals surface area contributed by atoms with Crippen LogP contribution < -0.4 is 5.32 Å². The molecule has 3 heterocycles. The Bertz CT molecular complexity index is 996. The maximum Gasteiger partial charge on any atom is 0.167 e. The van der Waals surface area contributed by atoms with E-state index in [0.717, 1.165) is 5.56 Å². The molecule has 2 aromatic heterocycles. The zero-order valence-electron chi connectivity index (χ0n) is 15.2. The van der Waals surface area contributed by atoms with Crippen LogP contribution in [-0.4, -0.2) is 76.1 Å². The number of hydrogen-bond donors (Lipinski definition) is 6. The minimum atomic E-state index is -1.51. The van der Waals surface area contributed by atoms with E-state index < -0.39 is 37.3 Å². The van der Waals surface area contributed by atoms with Crippen LogP contribution in [0.5, 0.6) is 5.75 Å². The van der Waals surface area contributed by atoms with Gasteiger partial charge < -0.3 is 35.6 Å². The third-order valence-corrected chi connectivity index (χ3v) is 4.87. The monoisotopic (exact) mass is 403 g/mol. The van der Waals surface area contributed by atoms with Crippen LogP contribution in [0.3, 0.4) is 0 Å². The van der Waals surface area contributed by atoms with Crippen molar-refractivity contribution in [2.24, 2.45) is 0 Å². The van der Waals surface area contributed by atoms with Crippen molar-refractivity contribution in [2.45, 2.75) is 37.2 Å². The van der Waals surface area contributed by atoms with E-state index in [1.165, 1.54) is 17.2 Å². The Morgan fingerprint density at radius 1 is 1.07 bits per heavy atom. The van der Waals surface area contributed by atoms with Gasteiger partial charge in [0.15, 0.2) is 23.2 Å². The number of phenolic OH excluding ortho intramolecular Hbond substituents is 1. The molecule has 1 aliphatic rings. The number of rotatable bonds is 5. The average molecular weight is 403 g/mol. The topological polar surface area (TPSA) is 166 Å². The Hall–Kier alpha value is -2.83. The molecule has 1 aliphatic heterocycles. The van der Waals surface area contributed by atoms with Gasteiger partial charge in [-0.2, -0.15) is 0 Å². The molecule has 1 saturated heterocycles. The van der Waals surface area contributed by atoms with Crippen molar-refractivity contribution in [3.8, 4) is 5.75 Å². The summed E-state index contributed by atoms with van der Waals surface area (Å²) in [5.41, 5.74) is 1.58.